The number of nitrogens with two attached hydrogens (primary N) is 1. The molecular formula is C26H41NO4. The summed E-state index contributed by atoms with van der Waals surface area (Å²) in [5, 5.41) is 24.1. The molecule has 8 atom stereocenters. The summed E-state index contributed by atoms with van der Waals surface area (Å²) in [6.45, 7) is 6.11. The maximum atomic E-state index is 12.3. The summed E-state index contributed by atoms with van der Waals surface area (Å²) in [4.78, 5) is 0. The molecule has 4 aliphatic rings. The molecule has 2 unspecified atom stereocenters. The fourth-order valence-corrected chi connectivity index (χ4v) is 8.65. The predicted molar refractivity (Wildman–Crippen MR) is 119 cm³/mol. The molecule has 0 spiro atoms. The molecule has 1 heterocycles. The average Bonchev–Trinajstić information content (AvgIpc) is 3.36. The monoisotopic (exact) mass is 431 g/mol. The van der Waals surface area contributed by atoms with Gasteiger partial charge in [-0.05, 0) is 100.0 Å². The third-order valence-electron chi connectivity index (χ3n) is 10.6. The van der Waals surface area contributed by atoms with Crippen LogP contribution in [-0.2, 0) is 10.3 Å². The Balaban J connectivity index is 1.38. The Labute approximate surface area is 186 Å². The van der Waals surface area contributed by atoms with E-state index in [9.17, 15) is 10.2 Å². The smallest absolute Gasteiger partial charge is 0.101 e. The maximum Gasteiger partial charge on any atom is 0.101 e. The topological polar surface area (TPSA) is 88.9 Å². The molecule has 174 valence electrons. The van der Waals surface area contributed by atoms with Crippen molar-refractivity contribution >= 4 is 0 Å². The van der Waals surface area contributed by atoms with Crippen molar-refractivity contribution in [2.75, 3.05) is 13.2 Å². The first kappa shape index (κ1) is 21.9. The van der Waals surface area contributed by atoms with Crippen molar-refractivity contribution in [3.63, 3.8) is 0 Å². The fourth-order valence-electron chi connectivity index (χ4n) is 8.65. The van der Waals surface area contributed by atoms with E-state index in [1.807, 2.05) is 6.07 Å². The lowest BCUT2D eigenvalue weighted by Gasteiger charge is -2.64. The average molecular weight is 432 g/mol. The molecule has 0 aliphatic heterocycles. The number of furan rings is 1. The van der Waals surface area contributed by atoms with Crippen LogP contribution in [0.3, 0.4) is 0 Å². The van der Waals surface area contributed by atoms with Gasteiger partial charge in [-0.3, -0.25) is 0 Å². The fraction of sp³-hybridized carbons (Fsp3) is 0.846. The van der Waals surface area contributed by atoms with Crippen LogP contribution in [0.4, 0.5) is 0 Å². The summed E-state index contributed by atoms with van der Waals surface area (Å²) in [5.74, 6) is 1.47. The van der Waals surface area contributed by atoms with Gasteiger partial charge in [-0.25, -0.2) is 0 Å². The minimum absolute atomic E-state index is 0.267. The molecule has 0 radical (unpaired) electrons. The van der Waals surface area contributed by atoms with Gasteiger partial charge in [0.05, 0.1) is 24.2 Å². The third-order valence-corrected chi connectivity index (χ3v) is 10.6. The van der Waals surface area contributed by atoms with E-state index in [1.54, 1.807) is 12.5 Å². The van der Waals surface area contributed by atoms with Crippen LogP contribution in [0, 0.1) is 28.6 Å². The Morgan fingerprint density at radius 1 is 1.06 bits per heavy atom. The molecule has 4 N–H and O–H groups in total. The van der Waals surface area contributed by atoms with Crippen LogP contribution in [0.1, 0.15) is 83.6 Å². The lowest BCUT2D eigenvalue weighted by atomic mass is 9.43. The molecule has 0 saturated heterocycles. The highest BCUT2D eigenvalue weighted by Gasteiger charge is 2.72. The number of aliphatic hydroxyl groups is 2. The second-order valence-corrected chi connectivity index (χ2v) is 11.6. The van der Waals surface area contributed by atoms with Crippen molar-refractivity contribution in [3.8, 4) is 0 Å². The van der Waals surface area contributed by atoms with Gasteiger partial charge in [0, 0.05) is 17.6 Å². The maximum absolute atomic E-state index is 12.3. The third kappa shape index (κ3) is 2.96. The van der Waals surface area contributed by atoms with Crippen LogP contribution in [0.5, 0.6) is 0 Å². The van der Waals surface area contributed by atoms with Crippen LogP contribution in [0.15, 0.2) is 23.0 Å². The van der Waals surface area contributed by atoms with E-state index < -0.39 is 16.6 Å². The summed E-state index contributed by atoms with van der Waals surface area (Å²) in [5.41, 5.74) is 4.38. The summed E-state index contributed by atoms with van der Waals surface area (Å²) in [7, 11) is 0. The molecule has 0 amide bonds. The van der Waals surface area contributed by atoms with Crippen molar-refractivity contribution in [3.05, 3.63) is 24.2 Å². The van der Waals surface area contributed by atoms with E-state index in [0.717, 1.165) is 57.1 Å². The first-order valence-corrected chi connectivity index (χ1v) is 12.6. The van der Waals surface area contributed by atoms with Gasteiger partial charge in [0.2, 0.25) is 0 Å². The predicted octanol–water partition coefficient (Wildman–Crippen LogP) is 4.36. The minimum atomic E-state index is -1.01. The lowest BCUT2D eigenvalue weighted by molar-refractivity contribution is -0.239. The zero-order valence-electron chi connectivity index (χ0n) is 19.3. The number of fused-ring (bicyclic) bond motifs is 5. The molecule has 4 aliphatic carbocycles. The SMILES string of the molecule is C[C@]12CCC3C(CC[C@@H]4C[C@@H](OCCCN)CC[C@]34C)[C@@]1(O)CC[C@]2(O)c1ccoc1. The van der Waals surface area contributed by atoms with Crippen molar-refractivity contribution in [2.24, 2.45) is 34.3 Å². The largest absolute Gasteiger partial charge is 0.472 e. The Bertz CT molecular complexity index is 782. The van der Waals surface area contributed by atoms with Crippen molar-refractivity contribution in [1.82, 2.24) is 0 Å². The molecule has 1 aromatic rings. The second-order valence-electron chi connectivity index (χ2n) is 11.6. The van der Waals surface area contributed by atoms with Crippen LogP contribution in [0.2, 0.25) is 0 Å². The first-order chi connectivity index (χ1) is 14.8. The molecular weight excluding hydrogens is 390 g/mol. The van der Waals surface area contributed by atoms with Gasteiger partial charge in [0.25, 0.3) is 0 Å². The van der Waals surface area contributed by atoms with Crippen molar-refractivity contribution in [1.29, 1.82) is 0 Å². The van der Waals surface area contributed by atoms with E-state index in [2.05, 4.69) is 13.8 Å². The Kier molecular flexibility index (Phi) is 5.36. The zero-order valence-corrected chi connectivity index (χ0v) is 19.3. The highest BCUT2D eigenvalue weighted by Crippen LogP contribution is 2.71. The molecule has 0 bridgehead atoms. The molecule has 5 rings (SSSR count). The minimum Gasteiger partial charge on any atom is -0.472 e. The summed E-state index contributed by atoms with van der Waals surface area (Å²) in [6, 6.07) is 1.88. The molecule has 4 saturated carbocycles. The van der Waals surface area contributed by atoms with Gasteiger partial charge in [0.1, 0.15) is 5.60 Å². The first-order valence-electron chi connectivity index (χ1n) is 12.6. The number of ether oxygens (including phenoxy) is 1. The van der Waals surface area contributed by atoms with Crippen molar-refractivity contribution < 1.29 is 19.4 Å². The van der Waals surface area contributed by atoms with Crippen LogP contribution < -0.4 is 5.73 Å². The Morgan fingerprint density at radius 2 is 1.90 bits per heavy atom. The van der Waals surface area contributed by atoms with Gasteiger partial charge in [0.15, 0.2) is 0 Å². The van der Waals surface area contributed by atoms with E-state index in [1.165, 1.54) is 6.42 Å². The number of hydrogen-bond donors (Lipinski definition) is 3. The second kappa shape index (κ2) is 7.58. The normalized spacial score (nSPS) is 49.3. The van der Waals surface area contributed by atoms with E-state index in [4.69, 9.17) is 14.9 Å². The van der Waals surface area contributed by atoms with Crippen LogP contribution in [-0.4, -0.2) is 35.1 Å². The van der Waals surface area contributed by atoms with Crippen LogP contribution in [0.25, 0.3) is 0 Å². The van der Waals surface area contributed by atoms with E-state index in [-0.39, 0.29) is 11.3 Å². The summed E-state index contributed by atoms with van der Waals surface area (Å²) in [6.07, 6.45) is 13.6. The van der Waals surface area contributed by atoms with Gasteiger partial charge in [-0.15, -0.1) is 0 Å². The molecule has 1 aromatic heterocycles. The van der Waals surface area contributed by atoms with Gasteiger partial charge >= 0.3 is 0 Å². The number of rotatable bonds is 5. The highest BCUT2D eigenvalue weighted by molar-refractivity contribution is 5.30. The highest BCUT2D eigenvalue weighted by atomic mass is 16.5. The standard InChI is InChI=1S/C26H41NO4/c1-23-9-6-20(31-14-3-13-27)16-18(23)4-5-22-21(23)7-10-24(2)25(28,11-12-26(22,24)29)19-8-15-30-17-19/h8,15,17-18,20-22,28-29H,3-7,9-14,16,27H2,1-2H3/t18-,20+,21?,22?,23+,24-,25+,26+/m1/s1. The molecule has 4 fully saturated rings. The summed E-state index contributed by atoms with van der Waals surface area (Å²) >= 11 is 0. The van der Waals surface area contributed by atoms with E-state index in [0.29, 0.717) is 37.3 Å². The van der Waals surface area contributed by atoms with Crippen LogP contribution >= 0.6 is 0 Å². The quantitative estimate of drug-likeness (QED) is 0.603. The molecule has 5 nitrogen and oxygen atoms in total. The molecule has 5 heteroatoms. The lowest BCUT2D eigenvalue weighted by Crippen LogP contribution is -2.64. The van der Waals surface area contributed by atoms with E-state index >= 15 is 0 Å². The summed E-state index contributed by atoms with van der Waals surface area (Å²) < 4.78 is 11.5. The van der Waals surface area contributed by atoms with Gasteiger partial charge < -0.3 is 25.1 Å². The Hall–Kier alpha value is -0.880. The van der Waals surface area contributed by atoms with Gasteiger partial charge in [-0.2, -0.15) is 0 Å². The number of hydrogen-bond acceptors (Lipinski definition) is 5. The van der Waals surface area contributed by atoms with Crippen molar-refractivity contribution in [2.45, 2.75) is 95.4 Å². The zero-order chi connectivity index (χ0) is 21.9. The Morgan fingerprint density at radius 3 is 2.65 bits per heavy atom. The molecule has 31 heavy (non-hydrogen) atoms. The van der Waals surface area contributed by atoms with Gasteiger partial charge in [-0.1, -0.05) is 13.8 Å². The molecule has 0 aromatic carbocycles.